The fourth-order valence-corrected chi connectivity index (χ4v) is 2.24. The second-order valence-corrected chi connectivity index (χ2v) is 4.66. The van der Waals surface area contributed by atoms with Gasteiger partial charge in [0.25, 0.3) is 0 Å². The number of ether oxygens (including phenoxy) is 1. The number of benzene rings is 1. The van der Waals surface area contributed by atoms with Gasteiger partial charge in [0.05, 0.1) is 12.6 Å². The fourth-order valence-electron chi connectivity index (χ4n) is 2.24. The van der Waals surface area contributed by atoms with E-state index in [1.807, 2.05) is 0 Å². The van der Waals surface area contributed by atoms with Crippen molar-refractivity contribution < 1.29 is 4.74 Å². The number of aromatic nitrogens is 1. The van der Waals surface area contributed by atoms with E-state index in [1.54, 1.807) is 7.11 Å². The fraction of sp³-hybridized carbons (Fsp3) is 0.375. The molecule has 19 heavy (non-hydrogen) atoms. The number of hydrogen-bond acceptors (Lipinski definition) is 2. The molecule has 2 aromatic rings. The highest BCUT2D eigenvalue weighted by Gasteiger charge is 2.09. The van der Waals surface area contributed by atoms with E-state index in [0.29, 0.717) is 6.04 Å². The number of hydrogen-bond donors (Lipinski definition) is 1. The first-order valence-corrected chi connectivity index (χ1v) is 6.73. The summed E-state index contributed by atoms with van der Waals surface area (Å²) in [6.45, 7) is 4.72. The summed E-state index contributed by atoms with van der Waals surface area (Å²) < 4.78 is 7.35. The molecule has 0 fully saturated rings. The van der Waals surface area contributed by atoms with Crippen molar-refractivity contribution in [3.05, 3.63) is 59.9 Å². The van der Waals surface area contributed by atoms with Crippen LogP contribution in [0.4, 0.5) is 0 Å². The normalized spacial score (nSPS) is 12.5. The lowest BCUT2D eigenvalue weighted by Gasteiger charge is -2.18. The summed E-state index contributed by atoms with van der Waals surface area (Å²) in [6.07, 6.45) is 2.14. The largest absolute Gasteiger partial charge is 0.383 e. The van der Waals surface area contributed by atoms with Gasteiger partial charge in [0.1, 0.15) is 0 Å². The average molecular weight is 258 g/mol. The monoisotopic (exact) mass is 258 g/mol. The molecule has 3 nitrogen and oxygen atoms in total. The Morgan fingerprint density at radius 1 is 1.16 bits per heavy atom. The third kappa shape index (κ3) is 3.69. The van der Waals surface area contributed by atoms with Crippen molar-refractivity contribution in [1.82, 2.24) is 9.88 Å². The average Bonchev–Trinajstić information content (AvgIpc) is 2.92. The van der Waals surface area contributed by atoms with Crippen molar-refractivity contribution in [2.24, 2.45) is 0 Å². The van der Waals surface area contributed by atoms with Crippen molar-refractivity contribution >= 4 is 0 Å². The predicted octanol–water partition coefficient (Wildman–Crippen LogP) is 2.83. The molecule has 1 atom stereocenters. The van der Waals surface area contributed by atoms with E-state index in [2.05, 4.69) is 65.5 Å². The maximum Gasteiger partial charge on any atom is 0.0587 e. The van der Waals surface area contributed by atoms with Gasteiger partial charge in [0.2, 0.25) is 0 Å². The summed E-state index contributed by atoms with van der Waals surface area (Å²) in [7, 11) is 1.72. The van der Waals surface area contributed by atoms with Crippen molar-refractivity contribution in [3.8, 4) is 0 Å². The highest BCUT2D eigenvalue weighted by Crippen LogP contribution is 2.19. The summed E-state index contributed by atoms with van der Waals surface area (Å²) in [5, 5.41) is 3.39. The molecule has 0 spiro atoms. The van der Waals surface area contributed by atoms with Gasteiger partial charge >= 0.3 is 0 Å². The third-order valence-electron chi connectivity index (χ3n) is 3.36. The van der Waals surface area contributed by atoms with E-state index in [4.69, 9.17) is 4.74 Å². The minimum absolute atomic E-state index is 0.357. The van der Waals surface area contributed by atoms with E-state index in [9.17, 15) is 0 Å². The highest BCUT2D eigenvalue weighted by atomic mass is 16.5. The molecule has 0 bridgehead atoms. The Morgan fingerprint density at radius 3 is 2.68 bits per heavy atom. The van der Waals surface area contributed by atoms with Gasteiger partial charge in [-0.3, -0.25) is 0 Å². The summed E-state index contributed by atoms with van der Waals surface area (Å²) >= 11 is 0. The molecular weight excluding hydrogens is 236 g/mol. The van der Waals surface area contributed by atoms with Crippen LogP contribution in [0.1, 0.15) is 24.2 Å². The Kier molecular flexibility index (Phi) is 5.19. The maximum absolute atomic E-state index is 5.04. The molecule has 0 aliphatic carbocycles. The molecule has 102 valence electrons. The van der Waals surface area contributed by atoms with Gasteiger partial charge in [-0.15, -0.1) is 0 Å². The Balaban J connectivity index is 2.02. The summed E-state index contributed by atoms with van der Waals surface area (Å²) in [5.41, 5.74) is 2.63. The molecule has 0 aliphatic rings. The van der Waals surface area contributed by atoms with Crippen LogP contribution in [0.5, 0.6) is 0 Å². The molecule has 3 heteroatoms. The molecular formula is C16H22N2O. The lowest BCUT2D eigenvalue weighted by Crippen LogP contribution is -2.21. The van der Waals surface area contributed by atoms with Crippen LogP contribution in [0.2, 0.25) is 0 Å². The lowest BCUT2D eigenvalue weighted by molar-refractivity contribution is 0.199. The predicted molar refractivity (Wildman–Crippen MR) is 78.3 cm³/mol. The van der Waals surface area contributed by atoms with Crippen LogP contribution < -0.4 is 5.32 Å². The van der Waals surface area contributed by atoms with Gasteiger partial charge in [0, 0.05) is 32.1 Å². The van der Waals surface area contributed by atoms with Gasteiger partial charge in [0.15, 0.2) is 0 Å². The van der Waals surface area contributed by atoms with E-state index in [0.717, 1.165) is 19.7 Å². The number of rotatable bonds is 7. The van der Waals surface area contributed by atoms with Crippen LogP contribution in [0.3, 0.4) is 0 Å². The Hall–Kier alpha value is -1.58. The zero-order valence-corrected chi connectivity index (χ0v) is 11.7. The molecule has 0 unspecified atom stereocenters. The van der Waals surface area contributed by atoms with E-state index in [1.165, 1.54) is 11.3 Å². The summed E-state index contributed by atoms with van der Waals surface area (Å²) in [6, 6.07) is 15.2. The van der Waals surface area contributed by atoms with Crippen LogP contribution >= 0.6 is 0 Å². The Morgan fingerprint density at radius 2 is 1.95 bits per heavy atom. The number of nitrogens with zero attached hydrogens (tertiary/aromatic N) is 1. The molecule has 2 rings (SSSR count). The quantitative estimate of drug-likeness (QED) is 0.773. The Bertz CT molecular complexity index is 479. The molecule has 0 saturated carbocycles. The van der Waals surface area contributed by atoms with Crippen LogP contribution in [0.25, 0.3) is 0 Å². The van der Waals surface area contributed by atoms with Gasteiger partial charge < -0.3 is 14.6 Å². The van der Waals surface area contributed by atoms with E-state index in [-0.39, 0.29) is 0 Å². The van der Waals surface area contributed by atoms with Gasteiger partial charge in [-0.25, -0.2) is 0 Å². The van der Waals surface area contributed by atoms with Gasteiger partial charge in [-0.2, -0.15) is 0 Å². The second kappa shape index (κ2) is 7.12. The topological polar surface area (TPSA) is 26.2 Å². The van der Waals surface area contributed by atoms with Crippen LogP contribution in [-0.4, -0.2) is 24.8 Å². The van der Waals surface area contributed by atoms with E-state index < -0.39 is 0 Å². The molecule has 1 heterocycles. The first kappa shape index (κ1) is 13.8. The Labute approximate surface area is 115 Å². The van der Waals surface area contributed by atoms with Crippen LogP contribution in [0.15, 0.2) is 48.7 Å². The number of nitrogens with one attached hydrogen (secondary N) is 1. The molecule has 1 aromatic heterocycles. The van der Waals surface area contributed by atoms with Crippen molar-refractivity contribution in [2.75, 3.05) is 20.3 Å². The molecule has 1 aromatic carbocycles. The van der Waals surface area contributed by atoms with Gasteiger partial charge in [-0.1, -0.05) is 30.3 Å². The first-order chi connectivity index (χ1) is 9.33. The zero-order chi connectivity index (χ0) is 13.5. The number of methoxy groups -OCH3 is 1. The maximum atomic E-state index is 5.04. The summed E-state index contributed by atoms with van der Waals surface area (Å²) in [4.78, 5) is 0. The summed E-state index contributed by atoms with van der Waals surface area (Å²) in [5.74, 6) is 0. The van der Waals surface area contributed by atoms with Crippen molar-refractivity contribution in [1.29, 1.82) is 0 Å². The molecule has 0 saturated heterocycles. The van der Waals surface area contributed by atoms with Gasteiger partial charge in [-0.05, 0) is 24.6 Å². The molecule has 0 amide bonds. The highest BCUT2D eigenvalue weighted by molar-refractivity contribution is 5.21. The van der Waals surface area contributed by atoms with Crippen LogP contribution in [0, 0.1) is 0 Å². The van der Waals surface area contributed by atoms with Crippen molar-refractivity contribution in [3.63, 3.8) is 0 Å². The first-order valence-electron chi connectivity index (χ1n) is 6.73. The minimum Gasteiger partial charge on any atom is -0.383 e. The molecule has 0 aliphatic heterocycles. The lowest BCUT2D eigenvalue weighted by atomic mass is 10.1. The molecule has 0 radical (unpaired) electrons. The van der Waals surface area contributed by atoms with Crippen LogP contribution in [-0.2, 0) is 11.3 Å². The standard InChI is InChI=1S/C16H22N2O/c1-14(15-7-4-3-5-8-15)18-11-6-9-16(18)13-17-10-12-19-2/h3-9,11,14,17H,10,12-13H2,1-2H3/t14-/m1/s1. The third-order valence-corrected chi connectivity index (χ3v) is 3.36. The zero-order valence-electron chi connectivity index (χ0n) is 11.7. The smallest absolute Gasteiger partial charge is 0.0587 e. The minimum atomic E-state index is 0.357. The van der Waals surface area contributed by atoms with Crippen molar-refractivity contribution in [2.45, 2.75) is 19.5 Å². The second-order valence-electron chi connectivity index (χ2n) is 4.66. The van der Waals surface area contributed by atoms with E-state index >= 15 is 0 Å². The molecule has 1 N–H and O–H groups in total. The SMILES string of the molecule is COCCNCc1cccn1[C@H](C)c1ccccc1.